The lowest BCUT2D eigenvalue weighted by molar-refractivity contribution is -0.142. The third-order valence-corrected chi connectivity index (χ3v) is 3.60. The molecule has 0 fully saturated rings. The van der Waals surface area contributed by atoms with Crippen molar-refractivity contribution < 1.29 is 13.2 Å². The zero-order valence-corrected chi connectivity index (χ0v) is 11.9. The molecule has 0 bridgehead atoms. The van der Waals surface area contributed by atoms with Crippen molar-refractivity contribution >= 4 is 6.08 Å². The molecule has 1 aromatic heterocycles. The minimum atomic E-state index is -4.46. The Bertz CT molecular complexity index is 731. The van der Waals surface area contributed by atoms with E-state index in [1.54, 1.807) is 31.3 Å². The molecule has 0 aliphatic carbocycles. The molecule has 0 saturated heterocycles. The van der Waals surface area contributed by atoms with Crippen LogP contribution in [-0.4, -0.2) is 9.78 Å². The highest BCUT2D eigenvalue weighted by molar-refractivity contribution is 5.59. The van der Waals surface area contributed by atoms with Crippen molar-refractivity contribution in [3.63, 3.8) is 0 Å². The third kappa shape index (κ3) is 2.48. The van der Waals surface area contributed by atoms with E-state index in [9.17, 15) is 13.2 Å². The first-order valence-electron chi connectivity index (χ1n) is 6.89. The summed E-state index contributed by atoms with van der Waals surface area (Å²) < 4.78 is 40.5. The van der Waals surface area contributed by atoms with E-state index in [2.05, 4.69) is 10.4 Å². The van der Waals surface area contributed by atoms with E-state index in [0.29, 0.717) is 17.8 Å². The lowest BCUT2D eigenvalue weighted by Gasteiger charge is -2.21. The average molecular weight is 308 g/mol. The minimum Gasteiger partial charge on any atom is -0.372 e. The first kappa shape index (κ1) is 14.6. The van der Waals surface area contributed by atoms with Gasteiger partial charge in [-0.05, 0) is 48.0 Å². The predicted molar refractivity (Wildman–Crippen MR) is 77.0 cm³/mol. The Morgan fingerprint density at radius 2 is 2.09 bits per heavy atom. The number of aryl methyl sites for hydroxylation is 1. The van der Waals surface area contributed by atoms with Crippen LogP contribution in [-0.2, 0) is 12.6 Å². The highest BCUT2D eigenvalue weighted by Gasteiger charge is 2.36. The topological polar surface area (TPSA) is 55.9 Å². The van der Waals surface area contributed by atoms with Gasteiger partial charge in [-0.15, -0.1) is 0 Å². The highest BCUT2D eigenvalue weighted by Crippen LogP contribution is 2.32. The van der Waals surface area contributed by atoms with Crippen molar-refractivity contribution in [3.8, 4) is 5.69 Å². The van der Waals surface area contributed by atoms with Crippen molar-refractivity contribution in [2.75, 3.05) is 0 Å². The Kier molecular flexibility index (Phi) is 3.44. The van der Waals surface area contributed by atoms with Gasteiger partial charge in [0.15, 0.2) is 0 Å². The summed E-state index contributed by atoms with van der Waals surface area (Å²) >= 11 is 0. The summed E-state index contributed by atoms with van der Waals surface area (Å²) in [6.07, 6.45) is -0.929. The summed E-state index contributed by atoms with van der Waals surface area (Å²) in [5.74, 6) is 0. The Morgan fingerprint density at radius 1 is 1.32 bits per heavy atom. The molecule has 0 amide bonds. The standard InChI is InChI=1S/C15H15F3N4/c1-2-10-7-13(15(16,17)18)22(21-10)11-4-3-9-5-6-20-14(19)12(9)8-11/h3-8,14,20H,2,19H2,1H3. The number of halogens is 3. The molecule has 1 atom stereocenters. The molecule has 1 aliphatic rings. The number of nitrogens with two attached hydrogens (primary N) is 1. The normalized spacial score (nSPS) is 17.2. The number of hydrogen-bond donors (Lipinski definition) is 2. The summed E-state index contributed by atoms with van der Waals surface area (Å²) in [5, 5.41) is 6.98. The van der Waals surface area contributed by atoms with E-state index in [-0.39, 0.29) is 0 Å². The molecule has 2 heterocycles. The van der Waals surface area contributed by atoms with Crippen LogP contribution in [0.3, 0.4) is 0 Å². The number of rotatable bonds is 2. The molecule has 4 nitrogen and oxygen atoms in total. The Hall–Kier alpha value is -2.28. The molecule has 0 saturated carbocycles. The second-order valence-electron chi connectivity index (χ2n) is 5.07. The summed E-state index contributed by atoms with van der Waals surface area (Å²) in [6.45, 7) is 1.77. The summed E-state index contributed by atoms with van der Waals surface area (Å²) in [5.41, 5.74) is 7.51. The lowest BCUT2D eigenvalue weighted by Crippen LogP contribution is -2.27. The number of benzene rings is 1. The molecule has 22 heavy (non-hydrogen) atoms. The van der Waals surface area contributed by atoms with Gasteiger partial charge in [-0.25, -0.2) is 4.68 Å². The first-order chi connectivity index (χ1) is 10.4. The van der Waals surface area contributed by atoms with E-state index >= 15 is 0 Å². The fourth-order valence-electron chi connectivity index (χ4n) is 2.45. The van der Waals surface area contributed by atoms with Crippen molar-refractivity contribution in [2.45, 2.75) is 25.7 Å². The van der Waals surface area contributed by atoms with Crippen molar-refractivity contribution in [3.05, 3.63) is 53.0 Å². The van der Waals surface area contributed by atoms with Crippen LogP contribution < -0.4 is 11.1 Å². The molecule has 7 heteroatoms. The number of hydrogen-bond acceptors (Lipinski definition) is 3. The summed E-state index contributed by atoms with van der Waals surface area (Å²) in [7, 11) is 0. The summed E-state index contributed by atoms with van der Waals surface area (Å²) in [4.78, 5) is 0. The number of alkyl halides is 3. The number of nitrogens with zero attached hydrogens (tertiary/aromatic N) is 2. The maximum absolute atomic E-state index is 13.2. The Balaban J connectivity index is 2.14. The first-order valence-corrected chi connectivity index (χ1v) is 6.89. The van der Waals surface area contributed by atoms with E-state index in [1.165, 1.54) is 0 Å². The van der Waals surface area contributed by atoms with Crippen LogP contribution in [0.25, 0.3) is 11.8 Å². The number of fused-ring (bicyclic) bond motifs is 1. The van der Waals surface area contributed by atoms with E-state index in [1.807, 2.05) is 6.08 Å². The van der Waals surface area contributed by atoms with Gasteiger partial charge in [-0.1, -0.05) is 13.0 Å². The molecular formula is C15H15F3N4. The van der Waals surface area contributed by atoms with Gasteiger partial charge in [-0.3, -0.25) is 0 Å². The fraction of sp³-hybridized carbons (Fsp3) is 0.267. The maximum Gasteiger partial charge on any atom is 0.433 e. The average Bonchev–Trinajstić information content (AvgIpc) is 2.92. The largest absolute Gasteiger partial charge is 0.433 e. The van der Waals surface area contributed by atoms with Crippen LogP contribution in [0.4, 0.5) is 13.2 Å². The van der Waals surface area contributed by atoms with E-state index < -0.39 is 18.0 Å². The molecule has 116 valence electrons. The maximum atomic E-state index is 13.2. The van der Waals surface area contributed by atoms with E-state index in [4.69, 9.17) is 5.73 Å². The number of aromatic nitrogens is 2. The van der Waals surface area contributed by atoms with Crippen LogP contribution >= 0.6 is 0 Å². The van der Waals surface area contributed by atoms with Gasteiger partial charge in [0.05, 0.1) is 11.4 Å². The Morgan fingerprint density at radius 3 is 2.77 bits per heavy atom. The molecule has 3 rings (SSSR count). The molecule has 2 aromatic rings. The second kappa shape index (κ2) is 5.17. The van der Waals surface area contributed by atoms with Gasteiger partial charge in [0.1, 0.15) is 11.9 Å². The minimum absolute atomic E-state index is 0.346. The molecule has 0 radical (unpaired) electrons. The van der Waals surface area contributed by atoms with Crippen molar-refractivity contribution in [1.29, 1.82) is 0 Å². The van der Waals surface area contributed by atoms with Crippen molar-refractivity contribution in [2.24, 2.45) is 5.73 Å². The highest BCUT2D eigenvalue weighted by atomic mass is 19.4. The second-order valence-corrected chi connectivity index (χ2v) is 5.07. The fourth-order valence-corrected chi connectivity index (χ4v) is 2.45. The SMILES string of the molecule is CCc1cc(C(F)(F)F)n(-c2ccc3c(c2)C(N)NC=C3)n1. The molecular weight excluding hydrogens is 293 g/mol. The molecule has 1 unspecified atom stereocenters. The quantitative estimate of drug-likeness (QED) is 0.897. The van der Waals surface area contributed by atoms with Crippen LogP contribution in [0.15, 0.2) is 30.5 Å². The van der Waals surface area contributed by atoms with Crippen molar-refractivity contribution in [1.82, 2.24) is 15.1 Å². The zero-order chi connectivity index (χ0) is 15.9. The molecule has 1 aromatic carbocycles. The van der Waals surface area contributed by atoms with Gasteiger partial charge in [-0.2, -0.15) is 18.3 Å². The predicted octanol–water partition coefficient (Wildman–Crippen LogP) is 2.98. The van der Waals surface area contributed by atoms with Gasteiger partial charge in [0.2, 0.25) is 0 Å². The van der Waals surface area contributed by atoms with Gasteiger partial charge in [0.25, 0.3) is 0 Å². The van der Waals surface area contributed by atoms with Crippen LogP contribution in [0.2, 0.25) is 0 Å². The van der Waals surface area contributed by atoms with E-state index in [0.717, 1.165) is 21.9 Å². The third-order valence-electron chi connectivity index (χ3n) is 3.60. The van der Waals surface area contributed by atoms with Gasteiger partial charge >= 0.3 is 6.18 Å². The zero-order valence-electron chi connectivity index (χ0n) is 11.9. The van der Waals surface area contributed by atoms with Gasteiger partial charge < -0.3 is 11.1 Å². The van der Waals surface area contributed by atoms with Gasteiger partial charge in [0, 0.05) is 0 Å². The Labute approximate surface area is 125 Å². The van der Waals surface area contributed by atoms with Crippen LogP contribution in [0.1, 0.15) is 35.6 Å². The smallest absolute Gasteiger partial charge is 0.372 e. The summed E-state index contributed by atoms with van der Waals surface area (Å²) in [6, 6.07) is 6.08. The lowest BCUT2D eigenvalue weighted by atomic mass is 10.0. The molecule has 1 aliphatic heterocycles. The number of nitrogens with one attached hydrogen (secondary N) is 1. The molecule has 0 spiro atoms. The van der Waals surface area contributed by atoms with Crippen LogP contribution in [0.5, 0.6) is 0 Å². The van der Waals surface area contributed by atoms with Crippen LogP contribution in [0, 0.1) is 0 Å². The molecule has 3 N–H and O–H groups in total. The monoisotopic (exact) mass is 308 g/mol.